The van der Waals surface area contributed by atoms with E-state index in [0.29, 0.717) is 6.04 Å². The molecule has 0 bridgehead atoms. The first-order chi connectivity index (χ1) is 7.63. The van der Waals surface area contributed by atoms with Crippen molar-refractivity contribution in [3.8, 4) is 0 Å². The van der Waals surface area contributed by atoms with E-state index in [1.54, 1.807) is 0 Å². The van der Waals surface area contributed by atoms with Gasteiger partial charge < -0.3 is 11.1 Å². The van der Waals surface area contributed by atoms with Crippen LogP contribution in [0.25, 0.3) is 0 Å². The van der Waals surface area contributed by atoms with Crippen LogP contribution in [0.1, 0.15) is 52.4 Å². The molecule has 0 aromatic rings. The highest BCUT2D eigenvalue weighted by atomic mass is 16.1. The van der Waals surface area contributed by atoms with Crippen LogP contribution in [-0.2, 0) is 4.79 Å². The number of hydrogen-bond acceptors (Lipinski definition) is 2. The lowest BCUT2D eigenvalue weighted by Crippen LogP contribution is -2.40. The van der Waals surface area contributed by atoms with E-state index < -0.39 is 0 Å². The zero-order valence-electron chi connectivity index (χ0n) is 10.7. The maximum absolute atomic E-state index is 11.1. The first-order valence-corrected chi connectivity index (χ1v) is 6.66. The number of nitrogens with one attached hydrogen (secondary N) is 1. The summed E-state index contributed by atoms with van der Waals surface area (Å²) in [6.45, 7) is 5.58. The van der Waals surface area contributed by atoms with Crippen molar-refractivity contribution in [2.75, 3.05) is 6.54 Å². The average Bonchev–Trinajstić information content (AvgIpc) is 2.27. The second kappa shape index (κ2) is 6.89. The Labute approximate surface area is 99.2 Å². The lowest BCUT2D eigenvalue weighted by Gasteiger charge is -2.29. The Balaban J connectivity index is 2.24. The first kappa shape index (κ1) is 13.5. The quantitative estimate of drug-likeness (QED) is 0.728. The van der Waals surface area contributed by atoms with E-state index in [0.717, 1.165) is 31.7 Å². The summed E-state index contributed by atoms with van der Waals surface area (Å²) in [4.78, 5) is 11.1. The maximum Gasteiger partial charge on any atom is 0.220 e. The fourth-order valence-electron chi connectivity index (χ4n) is 2.60. The molecule has 3 N–H and O–H groups in total. The van der Waals surface area contributed by atoms with Gasteiger partial charge in [0.25, 0.3) is 0 Å². The summed E-state index contributed by atoms with van der Waals surface area (Å²) in [7, 11) is 0. The lowest BCUT2D eigenvalue weighted by molar-refractivity contribution is -0.122. The largest absolute Gasteiger partial charge is 0.369 e. The van der Waals surface area contributed by atoms with Gasteiger partial charge in [0.05, 0.1) is 0 Å². The third-order valence-electron chi connectivity index (χ3n) is 3.61. The van der Waals surface area contributed by atoms with Crippen molar-refractivity contribution in [2.45, 2.75) is 58.4 Å². The maximum atomic E-state index is 11.1. The van der Waals surface area contributed by atoms with Crippen molar-refractivity contribution in [1.82, 2.24) is 5.32 Å². The molecule has 0 radical (unpaired) electrons. The number of amides is 1. The molecule has 0 spiro atoms. The molecule has 3 unspecified atom stereocenters. The summed E-state index contributed by atoms with van der Waals surface area (Å²) in [6, 6.07) is 0.505. The number of primary amides is 1. The molecule has 3 heteroatoms. The van der Waals surface area contributed by atoms with E-state index in [4.69, 9.17) is 5.73 Å². The van der Waals surface area contributed by atoms with Crippen molar-refractivity contribution >= 4 is 5.91 Å². The second-order valence-corrected chi connectivity index (χ2v) is 5.26. The van der Waals surface area contributed by atoms with Crippen LogP contribution >= 0.6 is 0 Å². The van der Waals surface area contributed by atoms with Crippen LogP contribution in [0.2, 0.25) is 0 Å². The number of carbonyl (C=O) groups is 1. The van der Waals surface area contributed by atoms with Gasteiger partial charge in [0, 0.05) is 12.0 Å². The van der Waals surface area contributed by atoms with Crippen LogP contribution in [0.15, 0.2) is 0 Å². The third-order valence-corrected chi connectivity index (χ3v) is 3.61. The molecule has 3 atom stereocenters. The predicted molar refractivity (Wildman–Crippen MR) is 67.0 cm³/mol. The summed E-state index contributed by atoms with van der Waals surface area (Å²) < 4.78 is 0. The molecule has 1 fully saturated rings. The summed E-state index contributed by atoms with van der Waals surface area (Å²) in [5, 5.41) is 3.58. The molecule has 1 rings (SSSR count). The number of rotatable bonds is 6. The number of carbonyl (C=O) groups excluding carboxylic acids is 1. The minimum absolute atomic E-state index is 0.104. The van der Waals surface area contributed by atoms with E-state index in [1.165, 1.54) is 19.3 Å². The van der Waals surface area contributed by atoms with E-state index >= 15 is 0 Å². The first-order valence-electron chi connectivity index (χ1n) is 6.66. The Hall–Kier alpha value is -0.570. The van der Waals surface area contributed by atoms with Crippen molar-refractivity contribution in [3.63, 3.8) is 0 Å². The molecule has 16 heavy (non-hydrogen) atoms. The van der Waals surface area contributed by atoms with Crippen LogP contribution < -0.4 is 11.1 Å². The minimum atomic E-state index is -0.117. The normalized spacial score (nSPS) is 27.6. The van der Waals surface area contributed by atoms with E-state index in [-0.39, 0.29) is 11.8 Å². The van der Waals surface area contributed by atoms with Crippen molar-refractivity contribution < 1.29 is 4.79 Å². The zero-order chi connectivity index (χ0) is 12.0. The number of nitrogens with two attached hydrogens (primary N) is 1. The average molecular weight is 226 g/mol. The molecule has 1 aliphatic carbocycles. The summed E-state index contributed by atoms with van der Waals surface area (Å²) >= 11 is 0. The molecule has 1 saturated carbocycles. The summed E-state index contributed by atoms with van der Waals surface area (Å²) in [5.74, 6) is 0.722. The zero-order valence-corrected chi connectivity index (χ0v) is 10.7. The minimum Gasteiger partial charge on any atom is -0.369 e. The molecule has 0 heterocycles. The molecule has 94 valence electrons. The van der Waals surface area contributed by atoms with Gasteiger partial charge in [-0.15, -0.1) is 0 Å². The van der Waals surface area contributed by atoms with E-state index in [2.05, 4.69) is 19.2 Å². The standard InChI is InChI=1S/C13H26N2O/c1-3-5-10(2)9-15-12-7-4-6-11(8-12)13(14)16/h10-12,15H,3-9H2,1-2H3,(H2,14,16). The van der Waals surface area contributed by atoms with Gasteiger partial charge >= 0.3 is 0 Å². The van der Waals surface area contributed by atoms with Gasteiger partial charge in [0.15, 0.2) is 0 Å². The van der Waals surface area contributed by atoms with Crippen molar-refractivity contribution in [1.29, 1.82) is 0 Å². The van der Waals surface area contributed by atoms with Gasteiger partial charge in [-0.2, -0.15) is 0 Å². The monoisotopic (exact) mass is 226 g/mol. The van der Waals surface area contributed by atoms with Crippen LogP contribution in [0, 0.1) is 11.8 Å². The van der Waals surface area contributed by atoms with Crippen LogP contribution in [0.5, 0.6) is 0 Å². The summed E-state index contributed by atoms with van der Waals surface area (Å²) in [6.07, 6.45) is 6.78. The Morgan fingerprint density at radius 1 is 1.50 bits per heavy atom. The topological polar surface area (TPSA) is 55.1 Å². The van der Waals surface area contributed by atoms with Crippen molar-refractivity contribution in [3.05, 3.63) is 0 Å². The molecule has 3 nitrogen and oxygen atoms in total. The van der Waals surface area contributed by atoms with Crippen LogP contribution in [-0.4, -0.2) is 18.5 Å². The van der Waals surface area contributed by atoms with Gasteiger partial charge in [0.2, 0.25) is 5.91 Å². The molecule has 0 aliphatic heterocycles. The number of hydrogen-bond donors (Lipinski definition) is 2. The van der Waals surface area contributed by atoms with Gasteiger partial charge in [-0.05, 0) is 38.1 Å². The molecule has 1 aliphatic rings. The van der Waals surface area contributed by atoms with Crippen molar-refractivity contribution in [2.24, 2.45) is 17.6 Å². The van der Waals surface area contributed by atoms with Crippen LogP contribution in [0.4, 0.5) is 0 Å². The molecule has 1 amide bonds. The van der Waals surface area contributed by atoms with Gasteiger partial charge in [0.1, 0.15) is 0 Å². The molecular formula is C13H26N2O. The smallest absolute Gasteiger partial charge is 0.220 e. The molecular weight excluding hydrogens is 200 g/mol. The van der Waals surface area contributed by atoms with E-state index in [9.17, 15) is 4.79 Å². The molecule has 0 aromatic carbocycles. The predicted octanol–water partition coefficient (Wildman–Crippen LogP) is 2.06. The van der Waals surface area contributed by atoms with E-state index in [1.807, 2.05) is 0 Å². The summed E-state index contributed by atoms with van der Waals surface area (Å²) in [5.41, 5.74) is 5.37. The van der Waals surface area contributed by atoms with Crippen LogP contribution in [0.3, 0.4) is 0 Å². The Kier molecular flexibility index (Phi) is 5.81. The highest BCUT2D eigenvalue weighted by Gasteiger charge is 2.25. The fraction of sp³-hybridized carbons (Fsp3) is 0.923. The fourth-order valence-corrected chi connectivity index (χ4v) is 2.60. The van der Waals surface area contributed by atoms with Gasteiger partial charge in [-0.25, -0.2) is 0 Å². The van der Waals surface area contributed by atoms with Gasteiger partial charge in [-0.3, -0.25) is 4.79 Å². The highest BCUT2D eigenvalue weighted by molar-refractivity contribution is 5.76. The highest BCUT2D eigenvalue weighted by Crippen LogP contribution is 2.24. The molecule has 0 saturated heterocycles. The SMILES string of the molecule is CCCC(C)CNC1CCCC(C(N)=O)C1. The molecule has 0 aromatic heterocycles. The Bertz CT molecular complexity index is 218. The van der Waals surface area contributed by atoms with Gasteiger partial charge in [-0.1, -0.05) is 26.7 Å². The third kappa shape index (κ3) is 4.52. The second-order valence-electron chi connectivity index (χ2n) is 5.26. The Morgan fingerprint density at radius 2 is 2.25 bits per heavy atom. The lowest BCUT2D eigenvalue weighted by atomic mass is 9.85. The Morgan fingerprint density at radius 3 is 2.88 bits per heavy atom.